The van der Waals surface area contributed by atoms with Gasteiger partial charge in [0.15, 0.2) is 0 Å². The maximum atomic E-state index is 12.2. The Hall–Kier alpha value is -2.16. The molecular weight excluding hydrogens is 272 g/mol. The molecule has 2 rings (SSSR count). The topological polar surface area (TPSA) is 70.0 Å². The molecule has 20 heavy (non-hydrogen) atoms. The summed E-state index contributed by atoms with van der Waals surface area (Å²) in [6, 6.07) is 15.7. The van der Waals surface area contributed by atoms with Gasteiger partial charge in [0, 0.05) is 6.54 Å². The predicted molar refractivity (Wildman–Crippen MR) is 76.4 cm³/mol. The fourth-order valence-corrected chi connectivity index (χ4v) is 3.13. The lowest BCUT2D eigenvalue weighted by molar-refractivity contribution is 0.580. The molecule has 0 aromatic heterocycles. The summed E-state index contributed by atoms with van der Waals surface area (Å²) in [7, 11) is -3.54. The normalized spacial score (nSPS) is 11.0. The Balaban J connectivity index is 2.18. The molecule has 2 aromatic rings. The molecule has 0 saturated carbocycles. The number of benzene rings is 2. The smallest absolute Gasteiger partial charge is 0.207 e. The summed E-state index contributed by atoms with van der Waals surface area (Å²) in [6.07, 6.45) is 0. The standard InChI is InChI=1S/C15H14N2O2S/c1-12-5-2-3-8-15(12)20(18,19)17-11-14-7-4-6-13(9-14)10-16/h2-9,17H,11H2,1H3. The SMILES string of the molecule is Cc1ccccc1S(=O)(=O)NCc1cccc(C#N)c1. The van der Waals surface area contributed by atoms with Crippen LogP contribution in [0.25, 0.3) is 0 Å². The van der Waals surface area contributed by atoms with Crippen molar-refractivity contribution < 1.29 is 8.42 Å². The molecule has 0 bridgehead atoms. The number of nitrogens with one attached hydrogen (secondary N) is 1. The summed E-state index contributed by atoms with van der Waals surface area (Å²) >= 11 is 0. The largest absolute Gasteiger partial charge is 0.241 e. The van der Waals surface area contributed by atoms with E-state index in [0.29, 0.717) is 11.1 Å². The highest BCUT2D eigenvalue weighted by Crippen LogP contribution is 2.14. The van der Waals surface area contributed by atoms with E-state index in [4.69, 9.17) is 5.26 Å². The van der Waals surface area contributed by atoms with E-state index in [1.807, 2.05) is 6.07 Å². The Morgan fingerprint density at radius 2 is 1.90 bits per heavy atom. The highest BCUT2D eigenvalue weighted by molar-refractivity contribution is 7.89. The molecule has 0 aliphatic carbocycles. The monoisotopic (exact) mass is 286 g/mol. The summed E-state index contributed by atoms with van der Waals surface area (Å²) in [6.45, 7) is 1.91. The van der Waals surface area contributed by atoms with Gasteiger partial charge < -0.3 is 0 Å². The molecule has 0 atom stereocenters. The van der Waals surface area contributed by atoms with Crippen LogP contribution in [0.5, 0.6) is 0 Å². The van der Waals surface area contributed by atoms with Gasteiger partial charge in [-0.2, -0.15) is 5.26 Å². The van der Waals surface area contributed by atoms with Crippen LogP contribution in [0.15, 0.2) is 53.4 Å². The van der Waals surface area contributed by atoms with Crippen LogP contribution in [0.1, 0.15) is 16.7 Å². The Morgan fingerprint density at radius 1 is 1.15 bits per heavy atom. The van der Waals surface area contributed by atoms with Crippen molar-refractivity contribution in [1.82, 2.24) is 4.72 Å². The van der Waals surface area contributed by atoms with Crippen LogP contribution in [0, 0.1) is 18.3 Å². The van der Waals surface area contributed by atoms with Gasteiger partial charge in [-0.05, 0) is 36.2 Å². The van der Waals surface area contributed by atoms with Crippen molar-refractivity contribution in [3.8, 4) is 6.07 Å². The van der Waals surface area contributed by atoms with Crippen LogP contribution >= 0.6 is 0 Å². The maximum absolute atomic E-state index is 12.2. The van der Waals surface area contributed by atoms with Gasteiger partial charge in [-0.3, -0.25) is 0 Å². The Labute approximate surface area is 118 Å². The molecule has 0 spiro atoms. The minimum atomic E-state index is -3.54. The summed E-state index contributed by atoms with van der Waals surface area (Å²) < 4.78 is 27.0. The van der Waals surface area contributed by atoms with Crippen molar-refractivity contribution in [3.63, 3.8) is 0 Å². The molecule has 0 saturated heterocycles. The van der Waals surface area contributed by atoms with E-state index in [1.165, 1.54) is 0 Å². The molecule has 2 aromatic carbocycles. The van der Waals surface area contributed by atoms with E-state index in [1.54, 1.807) is 55.5 Å². The molecule has 0 radical (unpaired) electrons. The Kier molecular flexibility index (Phi) is 4.18. The average molecular weight is 286 g/mol. The third kappa shape index (κ3) is 3.23. The molecule has 0 heterocycles. The summed E-state index contributed by atoms with van der Waals surface area (Å²) in [5, 5.41) is 8.82. The van der Waals surface area contributed by atoms with Gasteiger partial charge in [0.1, 0.15) is 0 Å². The molecule has 0 unspecified atom stereocenters. The zero-order chi connectivity index (χ0) is 14.6. The quantitative estimate of drug-likeness (QED) is 0.938. The average Bonchev–Trinajstić information content (AvgIpc) is 2.46. The lowest BCUT2D eigenvalue weighted by atomic mass is 10.1. The number of nitrogens with zero attached hydrogens (tertiary/aromatic N) is 1. The lowest BCUT2D eigenvalue weighted by Crippen LogP contribution is -2.24. The molecule has 0 aliphatic heterocycles. The van der Waals surface area contributed by atoms with E-state index in [9.17, 15) is 8.42 Å². The van der Waals surface area contributed by atoms with Gasteiger partial charge in [-0.1, -0.05) is 30.3 Å². The highest BCUT2D eigenvalue weighted by Gasteiger charge is 2.15. The fourth-order valence-electron chi connectivity index (χ4n) is 1.86. The number of aryl methyl sites for hydroxylation is 1. The first kappa shape index (κ1) is 14.3. The lowest BCUT2D eigenvalue weighted by Gasteiger charge is -2.09. The second-order valence-corrected chi connectivity index (χ2v) is 6.14. The van der Waals surface area contributed by atoms with E-state index in [2.05, 4.69) is 4.72 Å². The third-order valence-electron chi connectivity index (χ3n) is 2.91. The summed E-state index contributed by atoms with van der Waals surface area (Å²) in [4.78, 5) is 0.274. The van der Waals surface area contributed by atoms with Crippen molar-refractivity contribution >= 4 is 10.0 Å². The molecule has 102 valence electrons. The number of rotatable bonds is 4. The maximum Gasteiger partial charge on any atom is 0.241 e. The molecular formula is C15H14N2O2S. The number of hydrogen-bond donors (Lipinski definition) is 1. The van der Waals surface area contributed by atoms with E-state index < -0.39 is 10.0 Å². The van der Waals surface area contributed by atoms with Crippen LogP contribution < -0.4 is 4.72 Å². The Bertz CT molecular complexity index is 761. The van der Waals surface area contributed by atoms with Gasteiger partial charge in [0.25, 0.3) is 0 Å². The number of hydrogen-bond acceptors (Lipinski definition) is 3. The van der Waals surface area contributed by atoms with Crippen molar-refractivity contribution in [2.75, 3.05) is 0 Å². The number of sulfonamides is 1. The first-order valence-electron chi connectivity index (χ1n) is 6.07. The fraction of sp³-hybridized carbons (Fsp3) is 0.133. The highest BCUT2D eigenvalue weighted by atomic mass is 32.2. The van der Waals surface area contributed by atoms with Gasteiger partial charge in [-0.15, -0.1) is 0 Å². The minimum absolute atomic E-state index is 0.159. The van der Waals surface area contributed by atoms with Crippen LogP contribution in [0.3, 0.4) is 0 Å². The van der Waals surface area contributed by atoms with Crippen molar-refractivity contribution in [1.29, 1.82) is 5.26 Å². The number of nitriles is 1. The molecule has 0 aliphatic rings. The van der Waals surface area contributed by atoms with E-state index in [-0.39, 0.29) is 11.4 Å². The summed E-state index contributed by atoms with van der Waals surface area (Å²) in [5.74, 6) is 0. The van der Waals surface area contributed by atoms with Gasteiger partial charge in [0.2, 0.25) is 10.0 Å². The Morgan fingerprint density at radius 3 is 2.60 bits per heavy atom. The zero-order valence-corrected chi connectivity index (χ0v) is 11.8. The van der Waals surface area contributed by atoms with Crippen molar-refractivity contribution in [2.45, 2.75) is 18.4 Å². The molecule has 1 N–H and O–H groups in total. The van der Waals surface area contributed by atoms with Crippen LogP contribution in [0.4, 0.5) is 0 Å². The van der Waals surface area contributed by atoms with Gasteiger partial charge in [0.05, 0.1) is 16.5 Å². The van der Waals surface area contributed by atoms with Gasteiger partial charge >= 0.3 is 0 Å². The molecule has 5 heteroatoms. The van der Waals surface area contributed by atoms with Crippen molar-refractivity contribution in [2.24, 2.45) is 0 Å². The van der Waals surface area contributed by atoms with Crippen LogP contribution in [-0.4, -0.2) is 8.42 Å². The van der Waals surface area contributed by atoms with Gasteiger partial charge in [-0.25, -0.2) is 13.1 Å². The van der Waals surface area contributed by atoms with Crippen LogP contribution in [0.2, 0.25) is 0 Å². The third-order valence-corrected chi connectivity index (χ3v) is 4.47. The van der Waals surface area contributed by atoms with E-state index in [0.717, 1.165) is 5.56 Å². The minimum Gasteiger partial charge on any atom is -0.207 e. The molecule has 0 fully saturated rings. The van der Waals surface area contributed by atoms with Crippen LogP contribution in [-0.2, 0) is 16.6 Å². The second kappa shape index (κ2) is 5.87. The molecule has 0 amide bonds. The molecule has 4 nitrogen and oxygen atoms in total. The van der Waals surface area contributed by atoms with E-state index >= 15 is 0 Å². The second-order valence-electron chi connectivity index (χ2n) is 4.40. The first-order chi connectivity index (χ1) is 9.53. The predicted octanol–water partition coefficient (Wildman–Crippen LogP) is 2.35. The summed E-state index contributed by atoms with van der Waals surface area (Å²) in [5.41, 5.74) is 1.96. The van der Waals surface area contributed by atoms with Crippen molar-refractivity contribution in [3.05, 3.63) is 65.2 Å². The first-order valence-corrected chi connectivity index (χ1v) is 7.55. The zero-order valence-electron chi connectivity index (χ0n) is 11.0.